The fourth-order valence-electron chi connectivity index (χ4n) is 1.95. The smallest absolute Gasteiger partial charge is 0.0717 e. The van der Waals surface area contributed by atoms with Crippen LogP contribution in [0.5, 0.6) is 0 Å². The molecular formula is C23H36O2. The van der Waals surface area contributed by atoms with Crippen molar-refractivity contribution in [2.24, 2.45) is 5.92 Å². The van der Waals surface area contributed by atoms with Crippen LogP contribution in [0.1, 0.15) is 52.2 Å². The fraction of sp³-hybridized carbons (Fsp3) is 0.478. The lowest BCUT2D eigenvalue weighted by molar-refractivity contribution is 0.0335. The van der Waals surface area contributed by atoms with Gasteiger partial charge in [-0.05, 0) is 11.1 Å². The van der Waals surface area contributed by atoms with Crippen molar-refractivity contribution in [2.75, 3.05) is 13.2 Å². The van der Waals surface area contributed by atoms with E-state index in [1.54, 1.807) is 0 Å². The maximum atomic E-state index is 5.70. The molecule has 0 atom stereocenters. The van der Waals surface area contributed by atoms with Crippen molar-refractivity contribution in [3.63, 3.8) is 0 Å². The molecule has 0 saturated carbocycles. The molecule has 0 bridgehead atoms. The predicted molar refractivity (Wildman–Crippen MR) is 109 cm³/mol. The third-order valence-electron chi connectivity index (χ3n) is 3.03. The SMILES string of the molecule is CC.CC(COCc1ccccc1)COCc1ccccc1.CCC. The molecule has 2 nitrogen and oxygen atoms in total. The van der Waals surface area contributed by atoms with E-state index in [-0.39, 0.29) is 0 Å². The van der Waals surface area contributed by atoms with Crippen molar-refractivity contribution < 1.29 is 9.47 Å². The Hall–Kier alpha value is -1.64. The van der Waals surface area contributed by atoms with Crippen LogP contribution in [-0.4, -0.2) is 13.2 Å². The van der Waals surface area contributed by atoms with E-state index in [4.69, 9.17) is 9.47 Å². The van der Waals surface area contributed by atoms with Crippen LogP contribution in [0.4, 0.5) is 0 Å². The minimum Gasteiger partial charge on any atom is -0.376 e. The lowest BCUT2D eigenvalue weighted by Gasteiger charge is -2.12. The third kappa shape index (κ3) is 13.3. The van der Waals surface area contributed by atoms with Crippen LogP contribution in [0.15, 0.2) is 60.7 Å². The molecule has 0 amide bonds. The molecule has 0 aliphatic carbocycles. The topological polar surface area (TPSA) is 18.5 Å². The van der Waals surface area contributed by atoms with Gasteiger partial charge in [0.25, 0.3) is 0 Å². The highest BCUT2D eigenvalue weighted by atomic mass is 16.5. The molecule has 25 heavy (non-hydrogen) atoms. The summed E-state index contributed by atoms with van der Waals surface area (Å²) in [5.74, 6) is 0.405. The van der Waals surface area contributed by atoms with E-state index < -0.39 is 0 Å². The second-order valence-electron chi connectivity index (χ2n) is 5.81. The van der Waals surface area contributed by atoms with Gasteiger partial charge in [0.2, 0.25) is 0 Å². The second-order valence-corrected chi connectivity index (χ2v) is 5.81. The van der Waals surface area contributed by atoms with Crippen molar-refractivity contribution in [1.82, 2.24) is 0 Å². The standard InChI is InChI=1S/C18H22O2.C3H8.C2H6/c1-16(12-19-14-17-8-4-2-5-9-17)13-20-15-18-10-6-3-7-11-18;1-3-2;1-2/h2-11,16H,12-15H2,1H3;3H2,1-2H3;1-2H3. The molecule has 0 heterocycles. The minimum absolute atomic E-state index is 0.405. The highest BCUT2D eigenvalue weighted by molar-refractivity contribution is 5.14. The highest BCUT2D eigenvalue weighted by Gasteiger charge is 2.03. The van der Waals surface area contributed by atoms with Gasteiger partial charge in [0.1, 0.15) is 0 Å². The summed E-state index contributed by atoms with van der Waals surface area (Å²) in [6, 6.07) is 20.5. The van der Waals surface area contributed by atoms with Gasteiger partial charge in [-0.25, -0.2) is 0 Å². The quantitative estimate of drug-likeness (QED) is 0.544. The van der Waals surface area contributed by atoms with Crippen molar-refractivity contribution >= 4 is 0 Å². The van der Waals surface area contributed by atoms with Crippen LogP contribution < -0.4 is 0 Å². The first kappa shape index (κ1) is 23.4. The largest absolute Gasteiger partial charge is 0.376 e. The molecule has 140 valence electrons. The summed E-state index contributed by atoms with van der Waals surface area (Å²) in [7, 11) is 0. The van der Waals surface area contributed by atoms with Gasteiger partial charge in [0.15, 0.2) is 0 Å². The third-order valence-corrected chi connectivity index (χ3v) is 3.03. The monoisotopic (exact) mass is 344 g/mol. The summed E-state index contributed by atoms with van der Waals surface area (Å²) in [4.78, 5) is 0. The van der Waals surface area contributed by atoms with E-state index >= 15 is 0 Å². The van der Waals surface area contributed by atoms with E-state index in [1.165, 1.54) is 17.5 Å². The molecular weight excluding hydrogens is 308 g/mol. The second kappa shape index (κ2) is 17.2. The van der Waals surface area contributed by atoms with Crippen LogP contribution >= 0.6 is 0 Å². The van der Waals surface area contributed by atoms with Crippen LogP contribution in [0.2, 0.25) is 0 Å². The van der Waals surface area contributed by atoms with Gasteiger partial charge in [-0.2, -0.15) is 0 Å². The van der Waals surface area contributed by atoms with Crippen LogP contribution in [0, 0.1) is 5.92 Å². The van der Waals surface area contributed by atoms with Crippen molar-refractivity contribution in [1.29, 1.82) is 0 Å². The highest BCUT2D eigenvalue weighted by Crippen LogP contribution is 2.06. The Morgan fingerprint density at radius 2 is 1.00 bits per heavy atom. The molecule has 0 fully saturated rings. The Labute approximate surface area is 155 Å². The van der Waals surface area contributed by atoms with E-state index in [0.29, 0.717) is 19.1 Å². The zero-order valence-electron chi connectivity index (χ0n) is 16.7. The van der Waals surface area contributed by atoms with E-state index in [2.05, 4.69) is 45.0 Å². The van der Waals surface area contributed by atoms with Crippen molar-refractivity contribution in [3.05, 3.63) is 71.8 Å². The first-order chi connectivity index (χ1) is 12.3. The van der Waals surface area contributed by atoms with Crippen LogP contribution in [-0.2, 0) is 22.7 Å². The molecule has 0 aliphatic rings. The molecule has 0 spiro atoms. The average molecular weight is 345 g/mol. The summed E-state index contributed by atoms with van der Waals surface area (Å²) in [5, 5.41) is 0. The Kier molecular flexibility index (Phi) is 16.1. The number of rotatable bonds is 8. The van der Waals surface area contributed by atoms with Crippen molar-refractivity contribution in [3.8, 4) is 0 Å². The number of hydrogen-bond donors (Lipinski definition) is 0. The molecule has 0 aromatic heterocycles. The molecule has 2 rings (SSSR count). The van der Waals surface area contributed by atoms with E-state index in [1.807, 2.05) is 50.2 Å². The number of hydrogen-bond acceptors (Lipinski definition) is 2. The predicted octanol–water partition coefficient (Wildman–Crippen LogP) is 6.50. The molecule has 0 unspecified atom stereocenters. The van der Waals surface area contributed by atoms with Gasteiger partial charge < -0.3 is 9.47 Å². The number of benzene rings is 2. The Morgan fingerprint density at radius 1 is 0.680 bits per heavy atom. The maximum absolute atomic E-state index is 5.70. The molecule has 0 saturated heterocycles. The Bertz CT molecular complexity index is 436. The van der Waals surface area contributed by atoms with Gasteiger partial charge in [-0.15, -0.1) is 0 Å². The van der Waals surface area contributed by atoms with Gasteiger partial charge in [-0.3, -0.25) is 0 Å². The first-order valence-corrected chi connectivity index (χ1v) is 9.49. The van der Waals surface area contributed by atoms with Gasteiger partial charge >= 0.3 is 0 Å². The molecule has 2 heteroatoms. The maximum Gasteiger partial charge on any atom is 0.0717 e. The summed E-state index contributed by atoms with van der Waals surface area (Å²) >= 11 is 0. The average Bonchev–Trinajstić information content (AvgIpc) is 2.66. The summed E-state index contributed by atoms with van der Waals surface area (Å²) in [6.07, 6.45) is 1.25. The fourth-order valence-corrected chi connectivity index (χ4v) is 1.95. The lowest BCUT2D eigenvalue weighted by Crippen LogP contribution is -2.12. The molecule has 0 aliphatic heterocycles. The molecule has 2 aromatic rings. The van der Waals surface area contributed by atoms with Crippen LogP contribution in [0.3, 0.4) is 0 Å². The van der Waals surface area contributed by atoms with Gasteiger partial charge in [-0.1, -0.05) is 102 Å². The van der Waals surface area contributed by atoms with Crippen LogP contribution in [0.25, 0.3) is 0 Å². The molecule has 2 aromatic carbocycles. The summed E-state index contributed by atoms with van der Waals surface area (Å²) < 4.78 is 11.4. The zero-order valence-corrected chi connectivity index (χ0v) is 16.7. The normalized spacial score (nSPS) is 9.68. The first-order valence-electron chi connectivity index (χ1n) is 9.49. The van der Waals surface area contributed by atoms with E-state index in [9.17, 15) is 0 Å². The Balaban J connectivity index is 0.00000104. The van der Waals surface area contributed by atoms with Gasteiger partial charge in [0.05, 0.1) is 26.4 Å². The lowest BCUT2D eigenvalue weighted by atomic mass is 10.2. The van der Waals surface area contributed by atoms with E-state index in [0.717, 1.165) is 13.2 Å². The summed E-state index contributed by atoms with van der Waals surface area (Å²) in [5.41, 5.74) is 2.43. The summed E-state index contributed by atoms with van der Waals surface area (Å²) in [6.45, 7) is 13.2. The minimum atomic E-state index is 0.405. The molecule has 0 radical (unpaired) electrons. The molecule has 0 N–H and O–H groups in total. The van der Waals surface area contributed by atoms with Gasteiger partial charge in [0, 0.05) is 5.92 Å². The van der Waals surface area contributed by atoms with Crippen molar-refractivity contribution in [2.45, 2.75) is 54.3 Å². The zero-order chi connectivity index (χ0) is 18.8. The number of ether oxygens (including phenoxy) is 2. The Morgan fingerprint density at radius 3 is 1.32 bits per heavy atom.